The average Bonchev–Trinajstić information content (AvgIpc) is 3.31. The van der Waals surface area contributed by atoms with E-state index in [4.69, 9.17) is 9.47 Å². The van der Waals surface area contributed by atoms with Gasteiger partial charge in [-0.1, -0.05) is 6.07 Å². The smallest absolute Gasteiger partial charge is 0.346 e. The van der Waals surface area contributed by atoms with Gasteiger partial charge in [0, 0.05) is 19.7 Å². The van der Waals surface area contributed by atoms with E-state index in [9.17, 15) is 9.59 Å². The van der Waals surface area contributed by atoms with E-state index >= 15 is 0 Å². The first-order valence-electron chi connectivity index (χ1n) is 8.23. The standard InChI is InChI=1S/C18H20N4O4S/c1-21-16(15-5-4-10-27-15)20-22(18(21)24)9-8-19-17(23)13-7-6-12(25-2)11-14(13)26-3/h4-7,10-11H,8-9H2,1-3H3,(H,19,23). The van der Waals surface area contributed by atoms with Gasteiger partial charge in [-0.2, -0.15) is 0 Å². The second kappa shape index (κ2) is 8.09. The van der Waals surface area contributed by atoms with Gasteiger partial charge >= 0.3 is 5.69 Å². The summed E-state index contributed by atoms with van der Waals surface area (Å²) in [6.07, 6.45) is 0. The molecule has 0 aliphatic heterocycles. The minimum atomic E-state index is -0.294. The summed E-state index contributed by atoms with van der Waals surface area (Å²) in [5.74, 6) is 1.33. The number of carbonyl (C=O) groups is 1. The van der Waals surface area contributed by atoms with Gasteiger partial charge in [0.2, 0.25) is 0 Å². The highest BCUT2D eigenvalue weighted by Gasteiger charge is 2.15. The average molecular weight is 388 g/mol. The summed E-state index contributed by atoms with van der Waals surface area (Å²) in [5, 5.41) is 9.08. The largest absolute Gasteiger partial charge is 0.497 e. The van der Waals surface area contributed by atoms with Crippen LogP contribution >= 0.6 is 11.3 Å². The Kier molecular flexibility index (Phi) is 5.60. The summed E-state index contributed by atoms with van der Waals surface area (Å²) in [6.45, 7) is 0.525. The van der Waals surface area contributed by atoms with Crippen LogP contribution in [0.25, 0.3) is 10.7 Å². The molecule has 142 valence electrons. The van der Waals surface area contributed by atoms with E-state index in [1.165, 1.54) is 27.7 Å². The number of nitrogens with zero attached hydrogens (tertiary/aromatic N) is 3. The molecule has 8 nitrogen and oxygen atoms in total. The third-order valence-corrected chi connectivity index (χ3v) is 4.91. The maximum absolute atomic E-state index is 12.4. The molecule has 1 amide bonds. The number of nitrogens with one attached hydrogen (secondary N) is 1. The zero-order valence-electron chi connectivity index (χ0n) is 15.3. The van der Waals surface area contributed by atoms with Crippen molar-refractivity contribution in [1.82, 2.24) is 19.7 Å². The van der Waals surface area contributed by atoms with Crippen molar-refractivity contribution in [3.05, 3.63) is 51.8 Å². The molecule has 0 aliphatic rings. The SMILES string of the molecule is COc1ccc(C(=O)NCCn2nc(-c3cccs3)n(C)c2=O)c(OC)c1. The van der Waals surface area contributed by atoms with Crippen LogP contribution in [0.2, 0.25) is 0 Å². The highest BCUT2D eigenvalue weighted by Crippen LogP contribution is 2.24. The number of aromatic nitrogens is 3. The van der Waals surface area contributed by atoms with Gasteiger partial charge in [0.1, 0.15) is 11.5 Å². The number of thiophene rings is 1. The van der Waals surface area contributed by atoms with Gasteiger partial charge < -0.3 is 14.8 Å². The first-order chi connectivity index (χ1) is 13.0. The second-order valence-corrected chi connectivity index (χ2v) is 6.64. The van der Waals surface area contributed by atoms with Gasteiger partial charge in [-0.25, -0.2) is 9.48 Å². The minimum absolute atomic E-state index is 0.227. The molecule has 1 N–H and O–H groups in total. The molecule has 9 heteroatoms. The van der Waals surface area contributed by atoms with Crippen LogP contribution in [0.15, 0.2) is 40.5 Å². The molecule has 0 aliphatic carbocycles. The van der Waals surface area contributed by atoms with E-state index in [1.807, 2.05) is 17.5 Å². The summed E-state index contributed by atoms with van der Waals surface area (Å²) in [6, 6.07) is 8.79. The summed E-state index contributed by atoms with van der Waals surface area (Å²) in [5.41, 5.74) is 0.167. The number of methoxy groups -OCH3 is 2. The van der Waals surface area contributed by atoms with Crippen LogP contribution in [0.4, 0.5) is 0 Å². The van der Waals surface area contributed by atoms with Crippen LogP contribution in [0.1, 0.15) is 10.4 Å². The summed E-state index contributed by atoms with van der Waals surface area (Å²) < 4.78 is 13.2. The van der Waals surface area contributed by atoms with Gasteiger partial charge in [0.25, 0.3) is 5.91 Å². The number of ether oxygens (including phenoxy) is 2. The second-order valence-electron chi connectivity index (χ2n) is 5.69. The molecule has 3 rings (SSSR count). The van der Waals surface area contributed by atoms with Crippen molar-refractivity contribution < 1.29 is 14.3 Å². The van der Waals surface area contributed by atoms with E-state index in [0.29, 0.717) is 22.9 Å². The third-order valence-electron chi connectivity index (χ3n) is 4.04. The molecule has 0 fully saturated rings. The molecular weight excluding hydrogens is 368 g/mol. The Bertz CT molecular complexity index is 991. The van der Waals surface area contributed by atoms with Crippen LogP contribution in [0, 0.1) is 0 Å². The number of hydrogen-bond donors (Lipinski definition) is 1. The van der Waals surface area contributed by atoms with Crippen LogP contribution < -0.4 is 20.5 Å². The lowest BCUT2D eigenvalue weighted by Crippen LogP contribution is -2.31. The van der Waals surface area contributed by atoms with E-state index in [1.54, 1.807) is 32.4 Å². The van der Waals surface area contributed by atoms with Crippen molar-refractivity contribution in [2.75, 3.05) is 20.8 Å². The van der Waals surface area contributed by atoms with Gasteiger partial charge in [-0.15, -0.1) is 16.4 Å². The normalized spacial score (nSPS) is 10.6. The predicted octanol–water partition coefficient (Wildman–Crippen LogP) is 1.76. The zero-order chi connectivity index (χ0) is 19.4. The molecule has 0 unspecified atom stereocenters. The highest BCUT2D eigenvalue weighted by molar-refractivity contribution is 7.13. The van der Waals surface area contributed by atoms with Crippen molar-refractivity contribution in [3.8, 4) is 22.2 Å². The Morgan fingerprint density at radius 3 is 2.74 bits per heavy atom. The number of carbonyl (C=O) groups excluding carboxylic acids is 1. The monoisotopic (exact) mass is 388 g/mol. The first kappa shape index (κ1) is 18.7. The maximum atomic E-state index is 12.4. The lowest BCUT2D eigenvalue weighted by molar-refractivity contribution is 0.0948. The number of hydrogen-bond acceptors (Lipinski definition) is 6. The van der Waals surface area contributed by atoms with Crippen LogP contribution in [-0.4, -0.2) is 41.0 Å². The molecule has 2 heterocycles. The lowest BCUT2D eigenvalue weighted by atomic mass is 10.1. The highest BCUT2D eigenvalue weighted by atomic mass is 32.1. The Morgan fingerprint density at radius 1 is 1.26 bits per heavy atom. The molecule has 27 heavy (non-hydrogen) atoms. The van der Waals surface area contributed by atoms with Crippen molar-refractivity contribution >= 4 is 17.2 Å². The molecule has 0 saturated heterocycles. The maximum Gasteiger partial charge on any atom is 0.346 e. The van der Waals surface area contributed by atoms with Crippen LogP contribution in [-0.2, 0) is 13.6 Å². The fourth-order valence-corrected chi connectivity index (χ4v) is 3.35. The molecule has 3 aromatic rings. The Balaban J connectivity index is 1.68. The summed E-state index contributed by atoms with van der Waals surface area (Å²) in [4.78, 5) is 25.7. The molecule has 0 radical (unpaired) electrons. The molecule has 0 bridgehead atoms. The van der Waals surface area contributed by atoms with Crippen molar-refractivity contribution in [1.29, 1.82) is 0 Å². The third kappa shape index (κ3) is 3.87. The van der Waals surface area contributed by atoms with Gasteiger partial charge in [-0.3, -0.25) is 9.36 Å². The van der Waals surface area contributed by atoms with Gasteiger partial charge in [0.05, 0.1) is 31.2 Å². The molecule has 1 aromatic carbocycles. The quantitative estimate of drug-likeness (QED) is 0.666. The molecule has 0 spiro atoms. The predicted molar refractivity (Wildman–Crippen MR) is 103 cm³/mol. The Hall–Kier alpha value is -3.07. The number of amides is 1. The molecular formula is C18H20N4O4S. The molecule has 0 atom stereocenters. The van der Waals surface area contributed by atoms with Crippen molar-refractivity contribution in [2.45, 2.75) is 6.54 Å². The van der Waals surface area contributed by atoms with E-state index < -0.39 is 0 Å². The van der Waals surface area contributed by atoms with E-state index in [0.717, 1.165) is 4.88 Å². The summed E-state index contributed by atoms with van der Waals surface area (Å²) >= 11 is 1.52. The van der Waals surface area contributed by atoms with Crippen molar-refractivity contribution in [3.63, 3.8) is 0 Å². The minimum Gasteiger partial charge on any atom is -0.497 e. The fourth-order valence-electron chi connectivity index (χ4n) is 2.61. The van der Waals surface area contributed by atoms with Crippen LogP contribution in [0.3, 0.4) is 0 Å². The summed E-state index contributed by atoms with van der Waals surface area (Å²) in [7, 11) is 4.72. The van der Waals surface area contributed by atoms with Crippen molar-refractivity contribution in [2.24, 2.45) is 7.05 Å². The van der Waals surface area contributed by atoms with Crippen LogP contribution in [0.5, 0.6) is 11.5 Å². The van der Waals surface area contributed by atoms with E-state index in [-0.39, 0.29) is 24.7 Å². The Morgan fingerprint density at radius 2 is 2.07 bits per heavy atom. The zero-order valence-corrected chi connectivity index (χ0v) is 16.1. The number of rotatable bonds is 7. The van der Waals surface area contributed by atoms with Gasteiger partial charge in [0.15, 0.2) is 5.82 Å². The fraction of sp³-hybridized carbons (Fsp3) is 0.278. The topological polar surface area (TPSA) is 87.4 Å². The molecule has 2 aromatic heterocycles. The number of benzene rings is 1. The molecule has 0 saturated carbocycles. The lowest BCUT2D eigenvalue weighted by Gasteiger charge is -2.10. The first-order valence-corrected chi connectivity index (χ1v) is 9.11. The van der Waals surface area contributed by atoms with Gasteiger partial charge in [-0.05, 0) is 23.6 Å². The van der Waals surface area contributed by atoms with E-state index in [2.05, 4.69) is 10.4 Å². The Labute approximate surface area is 160 Å².